The topological polar surface area (TPSA) is 38.3 Å². The second-order valence-electron chi connectivity index (χ2n) is 4.51. The molecular formula is C14H11F2NO2S. The second kappa shape index (κ2) is 5.20. The van der Waals surface area contributed by atoms with Gasteiger partial charge in [-0.25, -0.2) is 8.78 Å². The van der Waals surface area contributed by atoms with Crippen LogP contribution in [-0.2, 0) is 6.42 Å². The van der Waals surface area contributed by atoms with Gasteiger partial charge in [-0.1, -0.05) is 6.07 Å². The monoisotopic (exact) mass is 295 g/mol. The quantitative estimate of drug-likeness (QED) is 0.945. The molecule has 0 spiro atoms. The fourth-order valence-electron chi connectivity index (χ4n) is 2.17. The van der Waals surface area contributed by atoms with Gasteiger partial charge in [-0.15, -0.1) is 11.3 Å². The van der Waals surface area contributed by atoms with Crippen molar-refractivity contribution in [3.63, 3.8) is 0 Å². The van der Waals surface area contributed by atoms with Gasteiger partial charge >= 0.3 is 0 Å². The molecule has 1 aliphatic rings. The molecule has 104 valence electrons. The fraction of sp³-hybridized carbons (Fsp3) is 0.214. The van der Waals surface area contributed by atoms with Crippen LogP contribution < -0.4 is 10.1 Å². The average molecular weight is 295 g/mol. The molecule has 1 amide bonds. The van der Waals surface area contributed by atoms with Gasteiger partial charge in [0.2, 0.25) is 0 Å². The number of amides is 1. The first-order valence-corrected chi connectivity index (χ1v) is 6.98. The van der Waals surface area contributed by atoms with Crippen LogP contribution in [0, 0.1) is 11.6 Å². The van der Waals surface area contributed by atoms with Gasteiger partial charge in [0, 0.05) is 18.1 Å². The molecule has 3 rings (SSSR count). The Bertz CT molecular complexity index is 643. The van der Waals surface area contributed by atoms with Crippen LogP contribution in [0.2, 0.25) is 0 Å². The highest BCUT2D eigenvalue weighted by Gasteiger charge is 2.27. The lowest BCUT2D eigenvalue weighted by atomic mass is 10.1. The van der Waals surface area contributed by atoms with Crippen LogP contribution >= 0.6 is 11.3 Å². The summed E-state index contributed by atoms with van der Waals surface area (Å²) in [4.78, 5) is 12.4. The molecule has 6 heteroatoms. The first-order valence-electron chi connectivity index (χ1n) is 6.10. The number of fused-ring (bicyclic) bond motifs is 1. The molecule has 0 bridgehead atoms. The molecule has 1 N–H and O–H groups in total. The lowest BCUT2D eigenvalue weighted by molar-refractivity contribution is 0.0937. The number of ether oxygens (including phenoxy) is 1. The van der Waals surface area contributed by atoms with Crippen LogP contribution in [0.15, 0.2) is 29.6 Å². The van der Waals surface area contributed by atoms with E-state index in [0.717, 1.165) is 6.07 Å². The maximum absolute atomic E-state index is 13.5. The van der Waals surface area contributed by atoms with Crippen molar-refractivity contribution in [3.8, 4) is 5.75 Å². The molecule has 1 unspecified atom stereocenters. The number of benzene rings is 1. The summed E-state index contributed by atoms with van der Waals surface area (Å²) in [6.07, 6.45) is 0.0135. The molecule has 1 aromatic carbocycles. The predicted octanol–water partition coefficient (Wildman–Crippen LogP) is 2.76. The van der Waals surface area contributed by atoms with Gasteiger partial charge in [0.05, 0.1) is 11.4 Å². The summed E-state index contributed by atoms with van der Waals surface area (Å²) in [6, 6.07) is 5.57. The Morgan fingerprint density at radius 3 is 3.05 bits per heavy atom. The van der Waals surface area contributed by atoms with Gasteiger partial charge in [-0.3, -0.25) is 4.79 Å². The summed E-state index contributed by atoms with van der Waals surface area (Å²) < 4.78 is 32.0. The van der Waals surface area contributed by atoms with Crippen LogP contribution in [-0.4, -0.2) is 18.6 Å². The minimum absolute atomic E-state index is 0.0850. The lowest BCUT2D eigenvalue weighted by Crippen LogP contribution is -2.34. The fourth-order valence-corrected chi connectivity index (χ4v) is 2.81. The molecule has 2 aromatic rings. The van der Waals surface area contributed by atoms with E-state index in [1.54, 1.807) is 12.1 Å². The summed E-state index contributed by atoms with van der Waals surface area (Å²) in [6.45, 7) is 0.256. The number of hydrogen-bond donors (Lipinski definition) is 1. The Hall–Kier alpha value is -1.95. The molecule has 2 heterocycles. The molecule has 0 fully saturated rings. The summed E-state index contributed by atoms with van der Waals surface area (Å²) in [5.74, 6) is -1.42. The van der Waals surface area contributed by atoms with Crippen molar-refractivity contribution in [2.45, 2.75) is 12.5 Å². The van der Waals surface area contributed by atoms with Gasteiger partial charge in [0.25, 0.3) is 5.91 Å². The van der Waals surface area contributed by atoms with Crippen LogP contribution in [0.5, 0.6) is 5.75 Å². The lowest BCUT2D eigenvalue weighted by Gasteiger charge is -2.11. The van der Waals surface area contributed by atoms with Crippen LogP contribution in [0.25, 0.3) is 0 Å². The van der Waals surface area contributed by atoms with Crippen molar-refractivity contribution in [1.82, 2.24) is 5.32 Å². The second-order valence-corrected chi connectivity index (χ2v) is 5.45. The van der Waals surface area contributed by atoms with E-state index in [2.05, 4.69) is 5.32 Å². The van der Waals surface area contributed by atoms with Crippen molar-refractivity contribution < 1.29 is 18.3 Å². The zero-order chi connectivity index (χ0) is 14.1. The molecule has 0 saturated heterocycles. The molecular weight excluding hydrogens is 284 g/mol. The number of nitrogens with one attached hydrogen (secondary N) is 1. The summed E-state index contributed by atoms with van der Waals surface area (Å²) in [5.41, 5.74) is 0.498. The Balaban J connectivity index is 1.62. The van der Waals surface area contributed by atoms with E-state index < -0.39 is 11.6 Å². The third-order valence-corrected chi connectivity index (χ3v) is 3.92. The van der Waals surface area contributed by atoms with Crippen molar-refractivity contribution >= 4 is 17.2 Å². The van der Waals surface area contributed by atoms with E-state index in [0.29, 0.717) is 16.9 Å². The maximum atomic E-state index is 13.5. The van der Waals surface area contributed by atoms with Gasteiger partial charge in [0.1, 0.15) is 11.9 Å². The van der Waals surface area contributed by atoms with Crippen molar-refractivity contribution in [3.05, 3.63) is 51.7 Å². The Morgan fingerprint density at radius 2 is 2.30 bits per heavy atom. The minimum atomic E-state index is -0.702. The standard InChI is InChI=1S/C14H11F2NO2S/c15-9-4-8-5-10(19-13(8)11(16)6-9)7-17-14(18)12-2-1-3-20-12/h1-4,6,10H,5,7H2,(H,17,18). The predicted molar refractivity (Wildman–Crippen MR) is 71.1 cm³/mol. The zero-order valence-corrected chi connectivity index (χ0v) is 11.2. The van der Waals surface area contributed by atoms with E-state index in [-0.39, 0.29) is 24.3 Å². The van der Waals surface area contributed by atoms with Gasteiger partial charge in [-0.2, -0.15) is 0 Å². The summed E-state index contributed by atoms with van der Waals surface area (Å²) in [5, 5.41) is 4.54. The van der Waals surface area contributed by atoms with Crippen LogP contribution in [0.3, 0.4) is 0 Å². The van der Waals surface area contributed by atoms with E-state index >= 15 is 0 Å². The van der Waals surface area contributed by atoms with Gasteiger partial charge in [0.15, 0.2) is 11.6 Å². The number of carbonyl (C=O) groups excluding carboxylic acids is 1. The smallest absolute Gasteiger partial charge is 0.261 e. The molecule has 1 aliphatic heterocycles. The summed E-state index contributed by atoms with van der Waals surface area (Å²) in [7, 11) is 0. The Labute approximate surface area is 118 Å². The molecule has 0 saturated carbocycles. The van der Waals surface area contributed by atoms with Crippen LogP contribution in [0.4, 0.5) is 8.78 Å². The molecule has 0 aliphatic carbocycles. The number of thiophene rings is 1. The van der Waals surface area contributed by atoms with E-state index in [1.807, 2.05) is 5.38 Å². The Morgan fingerprint density at radius 1 is 1.45 bits per heavy atom. The van der Waals surface area contributed by atoms with E-state index in [4.69, 9.17) is 4.74 Å². The third kappa shape index (κ3) is 2.51. The third-order valence-electron chi connectivity index (χ3n) is 3.05. The molecule has 20 heavy (non-hydrogen) atoms. The SMILES string of the molecule is O=C(NCC1Cc2cc(F)cc(F)c2O1)c1cccs1. The van der Waals surface area contributed by atoms with E-state index in [1.165, 1.54) is 17.4 Å². The average Bonchev–Trinajstić information content (AvgIpc) is 3.04. The molecule has 3 nitrogen and oxygen atoms in total. The van der Waals surface area contributed by atoms with E-state index in [9.17, 15) is 13.6 Å². The van der Waals surface area contributed by atoms with Gasteiger partial charge in [-0.05, 0) is 17.5 Å². The van der Waals surface area contributed by atoms with Crippen LogP contribution in [0.1, 0.15) is 15.2 Å². The number of hydrogen-bond acceptors (Lipinski definition) is 3. The van der Waals surface area contributed by atoms with Crippen molar-refractivity contribution in [2.75, 3.05) is 6.54 Å². The maximum Gasteiger partial charge on any atom is 0.261 e. The molecule has 0 radical (unpaired) electrons. The number of halogens is 2. The minimum Gasteiger partial charge on any atom is -0.485 e. The molecule has 1 aromatic heterocycles. The highest BCUT2D eigenvalue weighted by Crippen LogP contribution is 2.32. The first kappa shape index (κ1) is 13.1. The number of rotatable bonds is 3. The van der Waals surface area contributed by atoms with Gasteiger partial charge < -0.3 is 10.1 Å². The number of carbonyl (C=O) groups is 1. The highest BCUT2D eigenvalue weighted by molar-refractivity contribution is 7.12. The first-order chi connectivity index (χ1) is 9.63. The zero-order valence-electron chi connectivity index (χ0n) is 10.4. The summed E-state index contributed by atoms with van der Waals surface area (Å²) >= 11 is 1.34. The normalized spacial score (nSPS) is 16.6. The largest absolute Gasteiger partial charge is 0.485 e. The molecule has 1 atom stereocenters. The Kier molecular flexibility index (Phi) is 3.40. The van der Waals surface area contributed by atoms with Crippen molar-refractivity contribution in [1.29, 1.82) is 0 Å². The highest BCUT2D eigenvalue weighted by atomic mass is 32.1. The van der Waals surface area contributed by atoms with Crippen molar-refractivity contribution in [2.24, 2.45) is 0 Å².